The second-order valence-corrected chi connectivity index (χ2v) is 6.36. The van der Waals surface area contributed by atoms with Crippen molar-refractivity contribution < 1.29 is 18.3 Å². The minimum absolute atomic E-state index is 0.0536. The zero-order valence-electron chi connectivity index (χ0n) is 11.7. The third-order valence-electron chi connectivity index (χ3n) is 3.00. The van der Waals surface area contributed by atoms with Crippen molar-refractivity contribution in [3.63, 3.8) is 0 Å². The normalized spacial score (nSPS) is 10.8. The first kappa shape index (κ1) is 16.7. The number of rotatable bonds is 6. The summed E-state index contributed by atoms with van der Waals surface area (Å²) in [7, 11) is 0. The second kappa shape index (κ2) is 7.56. The summed E-state index contributed by atoms with van der Waals surface area (Å²) in [5.41, 5.74) is 0.933. The van der Waals surface area contributed by atoms with Crippen molar-refractivity contribution >= 4 is 34.5 Å². The quantitative estimate of drug-likeness (QED) is 0.810. The van der Waals surface area contributed by atoms with Crippen LogP contribution in [0.3, 0.4) is 0 Å². The molecule has 0 bridgehead atoms. The number of anilines is 1. The Morgan fingerprint density at radius 1 is 1.36 bits per heavy atom. The van der Waals surface area contributed by atoms with Crippen LogP contribution < -0.4 is 10.1 Å². The molecule has 0 aliphatic heterocycles. The Hall–Kier alpha value is -1.66. The van der Waals surface area contributed by atoms with Gasteiger partial charge >= 0.3 is 6.61 Å². The van der Waals surface area contributed by atoms with E-state index in [0.717, 1.165) is 4.88 Å². The van der Waals surface area contributed by atoms with Crippen LogP contribution in [0.5, 0.6) is 5.75 Å². The summed E-state index contributed by atoms with van der Waals surface area (Å²) in [6.07, 6.45) is 0.867. The van der Waals surface area contributed by atoms with E-state index in [9.17, 15) is 13.6 Å². The van der Waals surface area contributed by atoms with Crippen LogP contribution in [0.2, 0.25) is 4.34 Å². The lowest BCUT2D eigenvalue weighted by molar-refractivity contribution is -0.116. The van der Waals surface area contributed by atoms with Crippen LogP contribution >= 0.6 is 22.9 Å². The van der Waals surface area contributed by atoms with Crippen molar-refractivity contribution in [1.29, 1.82) is 0 Å². The van der Waals surface area contributed by atoms with Gasteiger partial charge in [-0.05, 0) is 37.6 Å². The maximum absolute atomic E-state index is 12.3. The van der Waals surface area contributed by atoms with E-state index >= 15 is 0 Å². The summed E-state index contributed by atoms with van der Waals surface area (Å²) < 4.78 is 29.7. The molecule has 1 heterocycles. The number of halogens is 3. The number of carbonyl (C=O) groups excluding carboxylic acids is 1. The zero-order chi connectivity index (χ0) is 16.1. The second-order valence-electron chi connectivity index (χ2n) is 4.56. The van der Waals surface area contributed by atoms with E-state index in [4.69, 9.17) is 11.6 Å². The number of alkyl halides is 2. The van der Waals surface area contributed by atoms with Gasteiger partial charge in [0.2, 0.25) is 5.91 Å². The average molecular weight is 346 g/mol. The molecule has 22 heavy (non-hydrogen) atoms. The number of aryl methyl sites for hydroxylation is 1. The fraction of sp³-hybridized carbons (Fsp3) is 0.267. The van der Waals surface area contributed by atoms with Crippen LogP contribution in [0, 0.1) is 6.92 Å². The Morgan fingerprint density at radius 2 is 2.14 bits per heavy atom. The molecule has 0 aliphatic carbocycles. The Morgan fingerprint density at radius 3 is 2.77 bits per heavy atom. The number of ether oxygens (including phenoxy) is 1. The van der Waals surface area contributed by atoms with Gasteiger partial charge in [0.25, 0.3) is 0 Å². The minimum Gasteiger partial charge on any atom is -0.434 e. The van der Waals surface area contributed by atoms with Crippen LogP contribution in [-0.4, -0.2) is 12.5 Å². The molecule has 1 aromatic heterocycles. The first-order valence-corrected chi connectivity index (χ1v) is 7.73. The van der Waals surface area contributed by atoms with Crippen LogP contribution in [0.15, 0.2) is 30.3 Å². The van der Waals surface area contributed by atoms with Crippen LogP contribution in [-0.2, 0) is 11.2 Å². The van der Waals surface area contributed by atoms with Crippen molar-refractivity contribution in [2.24, 2.45) is 0 Å². The molecule has 2 rings (SSSR count). The van der Waals surface area contributed by atoms with Gasteiger partial charge in [-0.3, -0.25) is 4.79 Å². The Kier molecular flexibility index (Phi) is 5.74. The maximum Gasteiger partial charge on any atom is 0.387 e. The van der Waals surface area contributed by atoms with Gasteiger partial charge in [-0.2, -0.15) is 8.78 Å². The van der Waals surface area contributed by atoms with Crippen molar-refractivity contribution in [3.8, 4) is 5.75 Å². The molecule has 7 heteroatoms. The lowest BCUT2D eigenvalue weighted by atomic mass is 10.1. The summed E-state index contributed by atoms with van der Waals surface area (Å²) in [5, 5.41) is 2.71. The Bertz CT molecular complexity index is 661. The highest BCUT2D eigenvalue weighted by Crippen LogP contribution is 2.27. The SMILES string of the molecule is Cc1c(NC(=O)CCc2ccc(Cl)s2)cccc1OC(F)F. The molecule has 0 unspecified atom stereocenters. The smallest absolute Gasteiger partial charge is 0.387 e. The van der Waals surface area contributed by atoms with E-state index in [1.54, 1.807) is 25.1 Å². The number of amides is 1. The highest BCUT2D eigenvalue weighted by Gasteiger charge is 2.12. The predicted molar refractivity (Wildman–Crippen MR) is 84.1 cm³/mol. The third-order valence-corrected chi connectivity index (χ3v) is 4.29. The largest absolute Gasteiger partial charge is 0.434 e. The standard InChI is InChI=1S/C15H14ClF2NO2S/c1-9-11(3-2-4-12(9)21-15(17)18)19-14(20)8-6-10-5-7-13(16)22-10/h2-5,7,15H,6,8H2,1H3,(H,19,20). The molecule has 1 amide bonds. The molecule has 3 nitrogen and oxygen atoms in total. The van der Waals surface area contributed by atoms with Gasteiger partial charge in [0.05, 0.1) is 4.34 Å². The summed E-state index contributed by atoms with van der Waals surface area (Å²) in [6, 6.07) is 8.30. The van der Waals surface area contributed by atoms with Crippen LogP contribution in [0.25, 0.3) is 0 Å². The predicted octanol–water partition coefficient (Wildman–Crippen LogP) is 4.88. The number of hydrogen-bond acceptors (Lipinski definition) is 3. The van der Waals surface area contributed by atoms with E-state index in [1.165, 1.54) is 17.4 Å². The molecule has 0 spiro atoms. The van der Waals surface area contributed by atoms with E-state index < -0.39 is 6.61 Å². The summed E-state index contributed by atoms with van der Waals surface area (Å²) >= 11 is 7.26. The van der Waals surface area contributed by atoms with Gasteiger partial charge in [0.15, 0.2) is 0 Å². The average Bonchev–Trinajstić information content (AvgIpc) is 2.86. The molecule has 0 fully saturated rings. The van der Waals surface area contributed by atoms with Gasteiger partial charge in [-0.25, -0.2) is 0 Å². The number of benzene rings is 1. The van der Waals surface area contributed by atoms with Crippen LogP contribution in [0.1, 0.15) is 16.9 Å². The molecular formula is C15H14ClF2NO2S. The van der Waals surface area contributed by atoms with E-state index in [-0.39, 0.29) is 18.1 Å². The van der Waals surface area contributed by atoms with Gasteiger partial charge in [0, 0.05) is 22.5 Å². The lowest BCUT2D eigenvalue weighted by Crippen LogP contribution is -2.13. The fourth-order valence-electron chi connectivity index (χ4n) is 1.91. The van der Waals surface area contributed by atoms with Gasteiger partial charge in [-0.1, -0.05) is 17.7 Å². The molecule has 1 aromatic carbocycles. The van der Waals surface area contributed by atoms with E-state index in [2.05, 4.69) is 10.1 Å². The molecule has 0 aliphatic rings. The van der Waals surface area contributed by atoms with Crippen LogP contribution in [0.4, 0.5) is 14.5 Å². The highest BCUT2D eigenvalue weighted by molar-refractivity contribution is 7.16. The molecule has 118 valence electrons. The number of nitrogens with one attached hydrogen (secondary N) is 1. The molecule has 2 aromatic rings. The molecule has 0 radical (unpaired) electrons. The van der Waals surface area contributed by atoms with Crippen molar-refractivity contribution in [2.75, 3.05) is 5.32 Å². The van der Waals surface area contributed by atoms with Crippen molar-refractivity contribution in [2.45, 2.75) is 26.4 Å². The van der Waals surface area contributed by atoms with Gasteiger partial charge in [0.1, 0.15) is 5.75 Å². The van der Waals surface area contributed by atoms with E-state index in [0.29, 0.717) is 22.0 Å². The first-order chi connectivity index (χ1) is 10.5. The minimum atomic E-state index is -2.90. The molecule has 0 atom stereocenters. The maximum atomic E-state index is 12.3. The summed E-state index contributed by atoms with van der Waals surface area (Å²) in [4.78, 5) is 13.0. The molecular weight excluding hydrogens is 332 g/mol. The lowest BCUT2D eigenvalue weighted by Gasteiger charge is -2.12. The molecule has 0 saturated heterocycles. The first-order valence-electron chi connectivity index (χ1n) is 6.54. The number of hydrogen-bond donors (Lipinski definition) is 1. The van der Waals surface area contributed by atoms with Gasteiger partial charge < -0.3 is 10.1 Å². The van der Waals surface area contributed by atoms with Crippen molar-refractivity contribution in [3.05, 3.63) is 45.1 Å². The zero-order valence-corrected chi connectivity index (χ0v) is 13.3. The van der Waals surface area contributed by atoms with Gasteiger partial charge in [-0.15, -0.1) is 11.3 Å². The fourth-order valence-corrected chi connectivity index (χ4v) is 3.00. The number of thiophene rings is 1. The van der Waals surface area contributed by atoms with Crippen molar-refractivity contribution in [1.82, 2.24) is 0 Å². The number of carbonyl (C=O) groups is 1. The highest BCUT2D eigenvalue weighted by atomic mass is 35.5. The Labute approximate surface area is 135 Å². The topological polar surface area (TPSA) is 38.3 Å². The Balaban J connectivity index is 1.96. The summed E-state index contributed by atoms with van der Waals surface area (Å²) in [5.74, 6) is -0.139. The van der Waals surface area contributed by atoms with E-state index in [1.807, 2.05) is 6.07 Å². The molecule has 0 saturated carbocycles. The molecule has 1 N–H and O–H groups in total. The monoisotopic (exact) mass is 345 g/mol. The summed E-state index contributed by atoms with van der Waals surface area (Å²) in [6.45, 7) is -1.28. The third kappa shape index (κ3) is 4.68.